The first-order chi connectivity index (χ1) is 8.49. The van der Waals surface area contributed by atoms with Gasteiger partial charge < -0.3 is 5.11 Å². The van der Waals surface area contributed by atoms with E-state index in [9.17, 15) is 15.2 Å². The van der Waals surface area contributed by atoms with Crippen molar-refractivity contribution in [1.29, 1.82) is 0 Å². The fraction of sp³-hybridized carbons (Fsp3) is 0.0769. The number of halogens is 1. The Morgan fingerprint density at radius 1 is 1.22 bits per heavy atom. The molecule has 0 amide bonds. The molecular formula is C13H10ClNO3. The first-order valence-electron chi connectivity index (χ1n) is 5.23. The maximum atomic E-state index is 10.7. The molecule has 0 bridgehead atoms. The number of phenolic OH excluding ortho intramolecular Hbond substituents is 1. The largest absolute Gasteiger partial charge is 0.506 e. The van der Waals surface area contributed by atoms with Gasteiger partial charge in [0.1, 0.15) is 5.75 Å². The summed E-state index contributed by atoms with van der Waals surface area (Å²) in [5.41, 5.74) is 2.08. The quantitative estimate of drug-likeness (QED) is 0.659. The number of rotatable bonds is 2. The Morgan fingerprint density at radius 2 is 1.94 bits per heavy atom. The number of nitro benzene ring substituents is 1. The summed E-state index contributed by atoms with van der Waals surface area (Å²) in [5, 5.41) is 20.5. The molecule has 2 rings (SSSR count). The number of aryl methyl sites for hydroxylation is 1. The molecule has 0 saturated carbocycles. The lowest BCUT2D eigenvalue weighted by Gasteiger charge is -2.06. The molecule has 0 heterocycles. The highest BCUT2D eigenvalue weighted by molar-refractivity contribution is 6.32. The van der Waals surface area contributed by atoms with E-state index < -0.39 is 4.92 Å². The van der Waals surface area contributed by atoms with Crippen LogP contribution in [-0.2, 0) is 0 Å². The molecule has 0 aliphatic rings. The minimum Gasteiger partial charge on any atom is -0.506 e. The lowest BCUT2D eigenvalue weighted by molar-refractivity contribution is -0.384. The van der Waals surface area contributed by atoms with Crippen LogP contribution in [0, 0.1) is 17.0 Å². The summed E-state index contributed by atoms with van der Waals surface area (Å²) < 4.78 is 0. The van der Waals surface area contributed by atoms with Crippen molar-refractivity contribution in [3.05, 3.63) is 57.1 Å². The number of benzene rings is 2. The molecule has 92 valence electrons. The monoisotopic (exact) mass is 263 g/mol. The highest BCUT2D eigenvalue weighted by atomic mass is 35.5. The number of hydrogen-bond donors (Lipinski definition) is 1. The van der Waals surface area contributed by atoms with Gasteiger partial charge in [0.15, 0.2) is 0 Å². The van der Waals surface area contributed by atoms with Gasteiger partial charge in [-0.25, -0.2) is 0 Å². The third kappa shape index (κ3) is 2.28. The zero-order valence-corrected chi connectivity index (χ0v) is 10.3. The van der Waals surface area contributed by atoms with Gasteiger partial charge in [0.25, 0.3) is 5.69 Å². The van der Waals surface area contributed by atoms with Crippen LogP contribution >= 0.6 is 11.6 Å². The maximum absolute atomic E-state index is 10.7. The van der Waals surface area contributed by atoms with Crippen LogP contribution in [0.25, 0.3) is 11.1 Å². The van der Waals surface area contributed by atoms with Crippen LogP contribution in [0.15, 0.2) is 36.4 Å². The van der Waals surface area contributed by atoms with Gasteiger partial charge in [-0.3, -0.25) is 10.1 Å². The lowest BCUT2D eigenvalue weighted by atomic mass is 10.0. The summed E-state index contributed by atoms with van der Waals surface area (Å²) in [7, 11) is 0. The average Bonchev–Trinajstić information content (AvgIpc) is 2.35. The Morgan fingerprint density at radius 3 is 2.56 bits per heavy atom. The van der Waals surface area contributed by atoms with E-state index >= 15 is 0 Å². The predicted molar refractivity (Wildman–Crippen MR) is 69.9 cm³/mol. The molecule has 0 unspecified atom stereocenters. The van der Waals surface area contributed by atoms with Crippen LogP contribution in [0.3, 0.4) is 0 Å². The Bertz CT molecular complexity index is 602. The zero-order chi connectivity index (χ0) is 13.3. The molecular weight excluding hydrogens is 254 g/mol. The number of aromatic hydroxyl groups is 1. The van der Waals surface area contributed by atoms with Gasteiger partial charge >= 0.3 is 0 Å². The zero-order valence-electron chi connectivity index (χ0n) is 9.55. The molecule has 4 nitrogen and oxygen atoms in total. The van der Waals surface area contributed by atoms with Crippen LogP contribution in [0.1, 0.15) is 5.56 Å². The summed E-state index contributed by atoms with van der Waals surface area (Å²) >= 11 is 5.89. The van der Waals surface area contributed by atoms with E-state index in [1.165, 1.54) is 12.1 Å². The van der Waals surface area contributed by atoms with Crippen LogP contribution in [-0.4, -0.2) is 10.0 Å². The highest BCUT2D eigenvalue weighted by Crippen LogP contribution is 2.33. The van der Waals surface area contributed by atoms with Crippen LogP contribution < -0.4 is 0 Å². The topological polar surface area (TPSA) is 63.4 Å². The Kier molecular flexibility index (Phi) is 3.21. The minimum absolute atomic E-state index is 0.0225. The molecule has 0 atom stereocenters. The summed E-state index contributed by atoms with van der Waals surface area (Å²) in [6, 6.07) is 9.60. The Balaban J connectivity index is 2.55. The maximum Gasteiger partial charge on any atom is 0.270 e. The second-order valence-electron chi connectivity index (χ2n) is 3.93. The molecule has 0 fully saturated rings. The first kappa shape index (κ1) is 12.4. The SMILES string of the molecule is Cc1cc(-c2cccc([N+](=O)[O-])c2)cc(Cl)c1O. The van der Waals surface area contributed by atoms with Crippen molar-refractivity contribution < 1.29 is 10.0 Å². The Hall–Kier alpha value is -2.07. The Labute approximate surface area is 109 Å². The third-order valence-corrected chi connectivity index (χ3v) is 2.93. The van der Waals surface area contributed by atoms with E-state index in [4.69, 9.17) is 11.6 Å². The number of non-ortho nitro benzene ring substituents is 1. The number of phenols is 1. The second-order valence-corrected chi connectivity index (χ2v) is 4.34. The van der Waals surface area contributed by atoms with E-state index in [1.54, 1.807) is 31.2 Å². The van der Waals surface area contributed by atoms with Crippen LogP contribution in [0.4, 0.5) is 5.69 Å². The summed E-state index contributed by atoms with van der Waals surface area (Å²) in [6.07, 6.45) is 0. The van der Waals surface area contributed by atoms with Crippen molar-refractivity contribution in [1.82, 2.24) is 0 Å². The summed E-state index contributed by atoms with van der Waals surface area (Å²) in [4.78, 5) is 10.3. The molecule has 0 aliphatic heterocycles. The molecule has 2 aromatic carbocycles. The van der Waals surface area contributed by atoms with Crippen molar-refractivity contribution in [2.45, 2.75) is 6.92 Å². The van der Waals surface area contributed by atoms with Crippen molar-refractivity contribution in [3.63, 3.8) is 0 Å². The molecule has 18 heavy (non-hydrogen) atoms. The van der Waals surface area contributed by atoms with Gasteiger partial charge in [-0.05, 0) is 35.7 Å². The van der Waals surface area contributed by atoms with E-state index in [-0.39, 0.29) is 16.5 Å². The molecule has 1 N–H and O–H groups in total. The van der Waals surface area contributed by atoms with Gasteiger partial charge in [-0.2, -0.15) is 0 Å². The van der Waals surface area contributed by atoms with Crippen molar-refractivity contribution in [3.8, 4) is 16.9 Å². The van der Waals surface area contributed by atoms with Gasteiger partial charge in [-0.15, -0.1) is 0 Å². The fourth-order valence-corrected chi connectivity index (χ4v) is 1.97. The molecule has 5 heteroatoms. The van der Waals surface area contributed by atoms with Crippen molar-refractivity contribution in [2.75, 3.05) is 0 Å². The summed E-state index contributed by atoms with van der Waals surface area (Å²) in [6.45, 7) is 1.72. The van der Waals surface area contributed by atoms with Crippen molar-refractivity contribution in [2.24, 2.45) is 0 Å². The van der Waals surface area contributed by atoms with E-state index in [0.29, 0.717) is 11.1 Å². The van der Waals surface area contributed by atoms with Gasteiger partial charge in [-0.1, -0.05) is 23.7 Å². The van der Waals surface area contributed by atoms with E-state index in [0.717, 1.165) is 5.56 Å². The standard InChI is InChI=1S/C13H10ClNO3/c1-8-5-10(7-12(14)13(8)16)9-3-2-4-11(6-9)15(17)18/h2-7,16H,1H3. The molecule has 2 aromatic rings. The molecule has 0 saturated heterocycles. The van der Waals surface area contributed by atoms with Gasteiger partial charge in [0.2, 0.25) is 0 Å². The normalized spacial score (nSPS) is 10.3. The molecule has 0 radical (unpaired) electrons. The van der Waals surface area contributed by atoms with E-state index in [1.807, 2.05) is 0 Å². The van der Waals surface area contributed by atoms with Crippen molar-refractivity contribution >= 4 is 17.3 Å². The smallest absolute Gasteiger partial charge is 0.270 e. The summed E-state index contributed by atoms with van der Waals surface area (Å²) in [5.74, 6) is 0.0332. The first-order valence-corrected chi connectivity index (χ1v) is 5.61. The number of nitro groups is 1. The van der Waals surface area contributed by atoms with Gasteiger partial charge in [0, 0.05) is 12.1 Å². The predicted octanol–water partition coefficient (Wildman–Crippen LogP) is 3.93. The number of hydrogen-bond acceptors (Lipinski definition) is 3. The molecule has 0 aromatic heterocycles. The van der Waals surface area contributed by atoms with E-state index in [2.05, 4.69) is 0 Å². The third-order valence-electron chi connectivity index (χ3n) is 2.64. The highest BCUT2D eigenvalue weighted by Gasteiger charge is 2.10. The average molecular weight is 264 g/mol. The van der Waals surface area contributed by atoms with Crippen LogP contribution in [0.5, 0.6) is 5.75 Å². The van der Waals surface area contributed by atoms with Crippen LogP contribution in [0.2, 0.25) is 5.02 Å². The minimum atomic E-state index is -0.446. The number of nitrogens with zero attached hydrogens (tertiary/aromatic N) is 1. The molecule has 0 aliphatic carbocycles. The fourth-order valence-electron chi connectivity index (χ4n) is 1.70. The van der Waals surface area contributed by atoms with Gasteiger partial charge in [0.05, 0.1) is 9.95 Å². The molecule has 0 spiro atoms. The lowest BCUT2D eigenvalue weighted by Crippen LogP contribution is -1.88. The second kappa shape index (κ2) is 4.66.